The molecule has 0 fully saturated rings. The second kappa shape index (κ2) is 14.0. The molecule has 0 spiro atoms. The molecule has 4 nitrogen and oxygen atoms in total. The van der Waals surface area contributed by atoms with Crippen molar-refractivity contribution >= 4 is 59.7 Å². The van der Waals surface area contributed by atoms with E-state index in [1.165, 1.54) is 11.8 Å². The van der Waals surface area contributed by atoms with Gasteiger partial charge >= 0.3 is 0 Å². The van der Waals surface area contributed by atoms with E-state index in [-0.39, 0.29) is 15.5 Å². The average Bonchev–Trinajstić information content (AvgIpc) is 2.51. The molecule has 0 bridgehead atoms. The third-order valence-electron chi connectivity index (χ3n) is 4.24. The minimum Gasteiger partial charge on any atom is -0.324 e. The zero-order chi connectivity index (χ0) is 23.9. The molecule has 0 heterocycles. The molecule has 0 aliphatic rings. The van der Waals surface area contributed by atoms with Crippen molar-refractivity contribution in [3.8, 4) is 0 Å². The molecule has 0 aliphatic heterocycles. The number of nitrogens with zero attached hydrogens (tertiary/aromatic N) is 2. The van der Waals surface area contributed by atoms with Crippen LogP contribution in [0.5, 0.6) is 0 Å². The molecule has 0 saturated heterocycles. The first-order valence-corrected chi connectivity index (χ1v) is 15.6. The second-order valence-electron chi connectivity index (χ2n) is 10.1. The fourth-order valence-corrected chi connectivity index (χ4v) is 8.72. The molecule has 0 amide bonds. The van der Waals surface area contributed by atoms with Crippen LogP contribution in [0.3, 0.4) is 0 Å². The summed E-state index contributed by atoms with van der Waals surface area (Å²) in [5.74, 6) is 1.84. The largest absolute Gasteiger partial charge is 0.324 e. The lowest BCUT2D eigenvalue weighted by Gasteiger charge is -2.48. The van der Waals surface area contributed by atoms with Gasteiger partial charge in [0.2, 0.25) is 0 Å². The highest BCUT2D eigenvalue weighted by atomic mass is 127. The van der Waals surface area contributed by atoms with Crippen LogP contribution >= 0.6 is 54.6 Å². The van der Waals surface area contributed by atoms with E-state index in [1.807, 2.05) is 11.8 Å². The van der Waals surface area contributed by atoms with Crippen molar-refractivity contribution in [2.24, 2.45) is 0 Å². The number of rotatable bonds is 14. The van der Waals surface area contributed by atoms with E-state index in [9.17, 15) is 4.79 Å². The van der Waals surface area contributed by atoms with E-state index >= 15 is 0 Å². The van der Waals surface area contributed by atoms with Crippen LogP contribution in [0.1, 0.15) is 83.1 Å². The standard InChI is InChI=1S/C22H46IN2O2PS2/c1-16(2)24(17(3)4)28(25(18(5)6)19(7)8)27-21(9,10)14-29-15-22(11,12)30-20(26)13-23/h16-19H,13-15H2,1-12H3. The Morgan fingerprint density at radius 3 is 1.60 bits per heavy atom. The predicted octanol–water partition coefficient (Wildman–Crippen LogP) is 7.45. The van der Waals surface area contributed by atoms with Gasteiger partial charge < -0.3 is 4.52 Å². The van der Waals surface area contributed by atoms with Gasteiger partial charge in [-0.15, -0.1) is 0 Å². The van der Waals surface area contributed by atoms with Gasteiger partial charge in [0.05, 0.1) is 10.0 Å². The predicted molar refractivity (Wildman–Crippen MR) is 149 cm³/mol. The number of thioether (sulfide) groups is 2. The lowest BCUT2D eigenvalue weighted by Crippen LogP contribution is -2.45. The van der Waals surface area contributed by atoms with Crippen molar-refractivity contribution in [3.63, 3.8) is 0 Å². The van der Waals surface area contributed by atoms with Crippen LogP contribution in [0, 0.1) is 0 Å². The highest BCUT2D eigenvalue weighted by molar-refractivity contribution is 14.1. The summed E-state index contributed by atoms with van der Waals surface area (Å²) in [6.45, 7) is 26.9. The van der Waals surface area contributed by atoms with Crippen LogP contribution in [0.4, 0.5) is 0 Å². The van der Waals surface area contributed by atoms with E-state index in [0.29, 0.717) is 28.6 Å². The van der Waals surface area contributed by atoms with Crippen LogP contribution in [-0.4, -0.2) is 64.9 Å². The lowest BCUT2D eigenvalue weighted by atomic mass is 10.2. The van der Waals surface area contributed by atoms with Crippen molar-refractivity contribution in [2.75, 3.05) is 15.9 Å². The van der Waals surface area contributed by atoms with Gasteiger partial charge in [0.15, 0.2) is 13.6 Å². The number of carbonyl (C=O) groups excluding carboxylic acids is 1. The Labute approximate surface area is 210 Å². The van der Waals surface area contributed by atoms with Gasteiger partial charge in [0.25, 0.3) is 0 Å². The summed E-state index contributed by atoms with van der Waals surface area (Å²) in [5, 5.41) is 0.259. The summed E-state index contributed by atoms with van der Waals surface area (Å²) < 4.78 is 12.5. The quantitative estimate of drug-likeness (QED) is 0.118. The zero-order valence-electron chi connectivity index (χ0n) is 21.3. The normalized spacial score (nSPS) is 13.9. The molecule has 180 valence electrons. The van der Waals surface area contributed by atoms with Crippen molar-refractivity contribution in [3.05, 3.63) is 0 Å². The lowest BCUT2D eigenvalue weighted by molar-refractivity contribution is -0.108. The fraction of sp³-hybridized carbons (Fsp3) is 0.955. The molecule has 0 saturated carbocycles. The molecule has 0 unspecified atom stereocenters. The Morgan fingerprint density at radius 2 is 1.27 bits per heavy atom. The molecular weight excluding hydrogens is 546 g/mol. The van der Waals surface area contributed by atoms with E-state index in [0.717, 1.165) is 11.5 Å². The van der Waals surface area contributed by atoms with Crippen molar-refractivity contribution in [1.82, 2.24) is 9.34 Å². The molecule has 0 aromatic heterocycles. The molecule has 0 atom stereocenters. The van der Waals surface area contributed by atoms with Crippen molar-refractivity contribution in [1.29, 1.82) is 0 Å². The monoisotopic (exact) mass is 592 g/mol. The molecule has 0 N–H and O–H groups in total. The van der Waals surface area contributed by atoms with Gasteiger partial charge in [-0.1, -0.05) is 34.4 Å². The molecule has 8 heteroatoms. The Hall–Kier alpha value is 1.41. The van der Waals surface area contributed by atoms with E-state index in [4.69, 9.17) is 4.52 Å². The van der Waals surface area contributed by atoms with Gasteiger partial charge in [-0.2, -0.15) is 11.8 Å². The SMILES string of the molecule is CC(C)N(C(C)C)P(OC(C)(C)CSCC(C)(C)SC(=O)CI)N(C(C)C)C(C)C. The minimum atomic E-state index is -0.902. The van der Waals surface area contributed by atoms with Crippen LogP contribution in [0.2, 0.25) is 0 Å². The summed E-state index contributed by atoms with van der Waals surface area (Å²) in [7, 11) is -0.902. The Kier molecular flexibility index (Phi) is 14.6. The maximum Gasteiger partial charge on any atom is 0.199 e. The molecule has 0 rings (SSSR count). The van der Waals surface area contributed by atoms with Crippen LogP contribution < -0.4 is 0 Å². The van der Waals surface area contributed by atoms with Crippen LogP contribution in [0.15, 0.2) is 0 Å². The highest BCUT2D eigenvalue weighted by Gasteiger charge is 2.38. The average molecular weight is 593 g/mol. The van der Waals surface area contributed by atoms with Crippen molar-refractivity contribution in [2.45, 2.75) is 118 Å². The smallest absolute Gasteiger partial charge is 0.199 e. The van der Waals surface area contributed by atoms with Gasteiger partial charge in [0.1, 0.15) is 0 Å². The maximum atomic E-state index is 11.9. The van der Waals surface area contributed by atoms with Gasteiger partial charge in [-0.25, -0.2) is 9.34 Å². The first kappa shape index (κ1) is 31.4. The number of hydrogen-bond donors (Lipinski definition) is 0. The molecule has 30 heavy (non-hydrogen) atoms. The minimum absolute atomic E-state index is 0.0580. The number of alkyl halides is 1. The Bertz CT molecular complexity index is 481. The Morgan fingerprint density at radius 1 is 0.867 bits per heavy atom. The number of hydrogen-bond acceptors (Lipinski definition) is 6. The summed E-state index contributed by atoms with van der Waals surface area (Å²) in [6, 6.07) is 1.65. The first-order chi connectivity index (χ1) is 13.5. The molecule has 0 radical (unpaired) electrons. The van der Waals surface area contributed by atoms with Crippen molar-refractivity contribution < 1.29 is 9.32 Å². The topological polar surface area (TPSA) is 32.8 Å². The van der Waals surface area contributed by atoms with Gasteiger partial charge in [0, 0.05) is 40.4 Å². The molecule has 0 aromatic rings. The molecular formula is C22H46IN2O2PS2. The number of carbonyl (C=O) groups is 1. The number of halogens is 1. The second-order valence-corrected chi connectivity index (χ2v) is 15.2. The summed E-state index contributed by atoms with van der Waals surface area (Å²) >= 11 is 5.51. The Balaban J connectivity index is 5.42. The maximum absolute atomic E-state index is 11.9. The summed E-state index contributed by atoms with van der Waals surface area (Å²) in [5.41, 5.74) is -0.256. The fourth-order valence-electron chi connectivity index (χ4n) is 3.35. The molecule has 0 aliphatic carbocycles. The zero-order valence-corrected chi connectivity index (χ0v) is 26.0. The highest BCUT2D eigenvalue weighted by Crippen LogP contribution is 2.53. The summed E-state index contributed by atoms with van der Waals surface area (Å²) in [4.78, 5) is 11.9. The third-order valence-corrected chi connectivity index (χ3v) is 11.8. The van der Waals surface area contributed by atoms with Crippen LogP contribution in [-0.2, 0) is 9.32 Å². The first-order valence-electron chi connectivity index (χ1n) is 11.0. The van der Waals surface area contributed by atoms with E-state index in [2.05, 4.69) is 115 Å². The van der Waals surface area contributed by atoms with Crippen LogP contribution in [0.25, 0.3) is 0 Å². The third kappa shape index (κ3) is 11.5. The van der Waals surface area contributed by atoms with E-state index < -0.39 is 8.45 Å². The molecule has 0 aromatic carbocycles. The van der Waals surface area contributed by atoms with E-state index in [1.54, 1.807) is 0 Å². The van der Waals surface area contributed by atoms with Gasteiger partial charge in [-0.05, 0) is 83.1 Å². The summed E-state index contributed by atoms with van der Waals surface area (Å²) in [6.07, 6.45) is 0. The van der Waals surface area contributed by atoms with Gasteiger partial charge in [-0.3, -0.25) is 4.79 Å².